The quantitative estimate of drug-likeness (QED) is 0.829. The van der Waals surface area contributed by atoms with Gasteiger partial charge in [0.1, 0.15) is 5.82 Å². The number of carbonyl (C=O) groups excluding carboxylic acids is 1. The van der Waals surface area contributed by atoms with Crippen molar-refractivity contribution in [1.29, 1.82) is 0 Å². The minimum Gasteiger partial charge on any atom is -0.340 e. The molecule has 3 rings (SSSR count). The second kappa shape index (κ2) is 6.37. The number of amides is 1. The SMILES string of the molecule is O=C(C1CCC1)N1CCN(S(=O)(=O)c2ccc(F)c(Cl)c2)CC1. The van der Waals surface area contributed by atoms with Crippen molar-refractivity contribution in [2.24, 2.45) is 5.92 Å². The molecule has 1 aromatic carbocycles. The third-order valence-corrected chi connectivity index (χ3v) is 6.72. The van der Waals surface area contributed by atoms with Gasteiger partial charge in [-0.15, -0.1) is 0 Å². The maximum Gasteiger partial charge on any atom is 0.243 e. The van der Waals surface area contributed by atoms with E-state index >= 15 is 0 Å². The summed E-state index contributed by atoms with van der Waals surface area (Å²) in [4.78, 5) is 13.9. The van der Waals surface area contributed by atoms with Crippen LogP contribution in [0.4, 0.5) is 4.39 Å². The van der Waals surface area contributed by atoms with Gasteiger partial charge < -0.3 is 4.90 Å². The predicted octanol–water partition coefficient (Wildman–Crippen LogP) is 2.11. The molecule has 0 bridgehead atoms. The van der Waals surface area contributed by atoms with E-state index in [9.17, 15) is 17.6 Å². The highest BCUT2D eigenvalue weighted by atomic mass is 35.5. The molecule has 2 aliphatic rings. The van der Waals surface area contributed by atoms with E-state index in [1.807, 2.05) is 0 Å². The summed E-state index contributed by atoms with van der Waals surface area (Å²) in [5.41, 5.74) is 0. The lowest BCUT2D eigenvalue weighted by Gasteiger charge is -2.37. The van der Waals surface area contributed by atoms with Gasteiger partial charge in [-0.1, -0.05) is 18.0 Å². The second-order valence-corrected chi connectivity index (χ2v) is 8.28. The lowest BCUT2D eigenvalue weighted by molar-refractivity contribution is -0.139. The Balaban J connectivity index is 1.68. The molecule has 0 aromatic heterocycles. The maximum atomic E-state index is 13.2. The number of hydrogen-bond donors (Lipinski definition) is 0. The van der Waals surface area contributed by atoms with Gasteiger partial charge in [-0.05, 0) is 31.0 Å². The van der Waals surface area contributed by atoms with Crippen LogP contribution in [0.3, 0.4) is 0 Å². The van der Waals surface area contributed by atoms with Crippen molar-refractivity contribution < 1.29 is 17.6 Å². The van der Waals surface area contributed by atoms with Crippen LogP contribution >= 0.6 is 11.6 Å². The van der Waals surface area contributed by atoms with E-state index in [-0.39, 0.29) is 34.8 Å². The average molecular weight is 361 g/mol. The lowest BCUT2D eigenvalue weighted by atomic mass is 9.84. The molecule has 0 N–H and O–H groups in total. The van der Waals surface area contributed by atoms with E-state index < -0.39 is 15.8 Å². The fourth-order valence-electron chi connectivity index (χ4n) is 2.85. The van der Waals surface area contributed by atoms with Gasteiger partial charge in [-0.2, -0.15) is 4.31 Å². The van der Waals surface area contributed by atoms with E-state index in [2.05, 4.69) is 0 Å². The molecule has 0 radical (unpaired) electrons. The zero-order valence-corrected chi connectivity index (χ0v) is 14.1. The molecule has 126 valence electrons. The van der Waals surface area contributed by atoms with Gasteiger partial charge in [-0.3, -0.25) is 4.79 Å². The highest BCUT2D eigenvalue weighted by Gasteiger charge is 2.34. The first kappa shape index (κ1) is 16.7. The smallest absolute Gasteiger partial charge is 0.243 e. The Morgan fingerprint density at radius 1 is 1.17 bits per heavy atom. The fraction of sp³-hybridized carbons (Fsp3) is 0.533. The predicted molar refractivity (Wildman–Crippen MR) is 84.1 cm³/mol. The summed E-state index contributed by atoms with van der Waals surface area (Å²) in [7, 11) is -3.72. The number of sulfonamides is 1. The molecule has 1 aliphatic carbocycles. The zero-order valence-electron chi connectivity index (χ0n) is 12.5. The van der Waals surface area contributed by atoms with Crippen LogP contribution in [0, 0.1) is 11.7 Å². The minimum absolute atomic E-state index is 0.0253. The first-order chi connectivity index (χ1) is 10.9. The van der Waals surface area contributed by atoms with Crippen LogP contribution in [-0.2, 0) is 14.8 Å². The Morgan fingerprint density at radius 3 is 2.35 bits per heavy atom. The Labute approximate surface area is 140 Å². The van der Waals surface area contributed by atoms with Gasteiger partial charge in [0.2, 0.25) is 15.9 Å². The van der Waals surface area contributed by atoms with Crippen LogP contribution in [0.5, 0.6) is 0 Å². The van der Waals surface area contributed by atoms with Gasteiger partial charge >= 0.3 is 0 Å². The van der Waals surface area contributed by atoms with Crippen LogP contribution < -0.4 is 0 Å². The van der Waals surface area contributed by atoms with E-state index in [1.54, 1.807) is 4.90 Å². The fourth-order valence-corrected chi connectivity index (χ4v) is 4.54. The maximum absolute atomic E-state index is 13.2. The van der Waals surface area contributed by atoms with Gasteiger partial charge in [-0.25, -0.2) is 12.8 Å². The molecule has 0 unspecified atom stereocenters. The topological polar surface area (TPSA) is 57.7 Å². The molecule has 5 nitrogen and oxygen atoms in total. The Morgan fingerprint density at radius 2 is 1.83 bits per heavy atom. The third-order valence-electron chi connectivity index (χ3n) is 4.53. The van der Waals surface area contributed by atoms with Crippen molar-refractivity contribution in [3.05, 3.63) is 29.0 Å². The van der Waals surface area contributed by atoms with Crippen molar-refractivity contribution >= 4 is 27.5 Å². The number of hydrogen-bond acceptors (Lipinski definition) is 3. The highest BCUT2D eigenvalue weighted by molar-refractivity contribution is 7.89. The van der Waals surface area contributed by atoms with Gasteiger partial charge in [0.25, 0.3) is 0 Å². The number of halogens is 2. The van der Waals surface area contributed by atoms with E-state index in [4.69, 9.17) is 11.6 Å². The molecule has 1 amide bonds. The molecule has 1 saturated heterocycles. The summed E-state index contributed by atoms with van der Waals surface area (Å²) in [6.45, 7) is 1.28. The molecule has 1 aromatic rings. The number of nitrogens with zero attached hydrogens (tertiary/aromatic N) is 2. The highest BCUT2D eigenvalue weighted by Crippen LogP contribution is 2.29. The lowest BCUT2D eigenvalue weighted by Crippen LogP contribution is -2.52. The molecule has 1 heterocycles. The zero-order chi connectivity index (χ0) is 16.6. The van der Waals surface area contributed by atoms with Crippen molar-refractivity contribution in [1.82, 2.24) is 9.21 Å². The largest absolute Gasteiger partial charge is 0.340 e. The Kier molecular flexibility index (Phi) is 4.62. The third kappa shape index (κ3) is 3.22. The minimum atomic E-state index is -3.72. The van der Waals surface area contributed by atoms with E-state index in [0.717, 1.165) is 31.4 Å². The van der Waals surface area contributed by atoms with Crippen molar-refractivity contribution in [3.8, 4) is 0 Å². The molecule has 8 heteroatoms. The first-order valence-electron chi connectivity index (χ1n) is 7.63. The number of rotatable bonds is 3. The van der Waals surface area contributed by atoms with Crippen LogP contribution in [-0.4, -0.2) is 49.7 Å². The summed E-state index contributed by atoms with van der Waals surface area (Å²) in [5.74, 6) is -0.395. The normalized spacial score (nSPS) is 20.3. The van der Waals surface area contributed by atoms with Crippen LogP contribution in [0.15, 0.2) is 23.1 Å². The standard InChI is InChI=1S/C15H18ClFN2O3S/c16-13-10-12(4-5-14(13)17)23(21,22)19-8-6-18(7-9-19)15(20)11-2-1-3-11/h4-5,10-11H,1-3,6-9H2. The summed E-state index contributed by atoms with van der Waals surface area (Å²) in [6, 6.07) is 3.38. The molecule has 1 saturated carbocycles. The van der Waals surface area contributed by atoms with Gasteiger partial charge in [0.05, 0.1) is 9.92 Å². The van der Waals surface area contributed by atoms with E-state index in [1.165, 1.54) is 10.4 Å². The Bertz CT molecular complexity index is 713. The number of carbonyl (C=O) groups is 1. The summed E-state index contributed by atoms with van der Waals surface area (Å²) < 4.78 is 39.7. The number of piperazine rings is 1. The first-order valence-corrected chi connectivity index (χ1v) is 9.45. The number of benzene rings is 1. The summed E-state index contributed by atoms with van der Waals surface area (Å²) in [6.07, 6.45) is 2.97. The molecular formula is C15H18ClFN2O3S. The van der Waals surface area contributed by atoms with Crippen LogP contribution in [0.1, 0.15) is 19.3 Å². The van der Waals surface area contributed by atoms with Crippen molar-refractivity contribution in [2.45, 2.75) is 24.2 Å². The summed E-state index contributed by atoms with van der Waals surface area (Å²) >= 11 is 5.67. The molecule has 1 aliphatic heterocycles. The van der Waals surface area contributed by atoms with Gasteiger partial charge in [0.15, 0.2) is 0 Å². The van der Waals surface area contributed by atoms with Crippen LogP contribution in [0.2, 0.25) is 5.02 Å². The molecule has 23 heavy (non-hydrogen) atoms. The van der Waals surface area contributed by atoms with Crippen molar-refractivity contribution in [2.75, 3.05) is 26.2 Å². The molecule has 2 fully saturated rings. The van der Waals surface area contributed by atoms with Crippen LogP contribution in [0.25, 0.3) is 0 Å². The second-order valence-electron chi connectivity index (χ2n) is 5.93. The average Bonchev–Trinajstić information content (AvgIpc) is 2.48. The molecular weight excluding hydrogens is 343 g/mol. The molecule has 0 atom stereocenters. The summed E-state index contributed by atoms with van der Waals surface area (Å²) in [5, 5.41) is -0.218. The van der Waals surface area contributed by atoms with E-state index in [0.29, 0.717) is 13.1 Å². The monoisotopic (exact) mass is 360 g/mol. The Hall–Kier alpha value is -1.18. The molecule has 0 spiro atoms. The van der Waals surface area contributed by atoms with Gasteiger partial charge in [0, 0.05) is 32.1 Å². The van der Waals surface area contributed by atoms with Crippen molar-refractivity contribution in [3.63, 3.8) is 0 Å².